The van der Waals surface area contributed by atoms with Crippen molar-refractivity contribution in [1.29, 1.82) is 0 Å². The fourth-order valence-corrected chi connectivity index (χ4v) is 13.8. The average molecular weight is 955 g/mol. The summed E-state index contributed by atoms with van der Waals surface area (Å²) in [6.07, 6.45) is 0. The van der Waals surface area contributed by atoms with E-state index in [9.17, 15) is 0 Å². The zero-order chi connectivity index (χ0) is 47.0. The lowest BCUT2D eigenvalue weighted by molar-refractivity contribution is 0.669. The lowest BCUT2D eigenvalue weighted by Crippen LogP contribution is -2.09. The quantitative estimate of drug-likeness (QED) is 0.166. The summed E-state index contributed by atoms with van der Waals surface area (Å²) in [4.78, 5) is 4.74. The first-order valence-corrected chi connectivity index (χ1v) is 25.9. The highest BCUT2D eigenvalue weighted by molar-refractivity contribution is 7.26. The van der Waals surface area contributed by atoms with Crippen LogP contribution in [0, 0.1) is 0 Å². The van der Waals surface area contributed by atoms with Gasteiger partial charge in [-0.25, -0.2) is 0 Å². The van der Waals surface area contributed by atoms with Gasteiger partial charge in [-0.1, -0.05) is 109 Å². The summed E-state index contributed by atoms with van der Waals surface area (Å²) in [6.45, 7) is 0. The predicted octanol–water partition coefficient (Wildman–Crippen LogP) is 20.6. The Labute approximate surface area is 420 Å². The van der Waals surface area contributed by atoms with Crippen LogP contribution in [-0.2, 0) is 0 Å². The third kappa shape index (κ3) is 6.03. The van der Waals surface area contributed by atoms with Crippen molar-refractivity contribution in [3.8, 4) is 0 Å². The van der Waals surface area contributed by atoms with Gasteiger partial charge in [-0.05, 0) is 154 Å². The van der Waals surface area contributed by atoms with Gasteiger partial charge in [0.2, 0.25) is 0 Å². The number of para-hydroxylation sites is 2. The number of nitrogens with zero attached hydrogens (tertiary/aromatic N) is 2. The van der Waals surface area contributed by atoms with E-state index in [2.05, 4.69) is 240 Å². The van der Waals surface area contributed by atoms with Crippen LogP contribution in [0.15, 0.2) is 239 Å². The summed E-state index contributed by atoms with van der Waals surface area (Å²) < 4.78 is 17.9. The van der Waals surface area contributed by atoms with Crippen LogP contribution in [0.25, 0.3) is 117 Å². The highest BCUT2D eigenvalue weighted by Gasteiger charge is 2.21. The van der Waals surface area contributed by atoms with Crippen molar-refractivity contribution in [3.05, 3.63) is 231 Å². The van der Waals surface area contributed by atoms with E-state index in [1.807, 2.05) is 22.7 Å². The minimum absolute atomic E-state index is 0.889. The molecular weight excluding hydrogens is 917 g/mol. The molecule has 72 heavy (non-hydrogen) atoms. The lowest BCUT2D eigenvalue weighted by Gasteiger charge is -2.25. The summed E-state index contributed by atoms with van der Waals surface area (Å²) in [5.41, 5.74) is 10.2. The van der Waals surface area contributed by atoms with Crippen LogP contribution in [0.5, 0.6) is 0 Å². The fraction of sp³-hybridized carbons (Fsp3) is 0. The molecule has 4 aromatic heterocycles. The molecule has 0 N–H and O–H groups in total. The summed E-state index contributed by atoms with van der Waals surface area (Å²) in [7, 11) is 0. The number of fused-ring (bicyclic) bond motifs is 17. The molecule has 0 amide bonds. The molecule has 6 heteroatoms. The SMILES string of the molecule is c1ccc(N(c2ccc3c(c2)sc2cc4cc5sc6cc(N(c7ccccc7)c7ccc8oc9ccc%10ccccc%10c9c8c7)ccc6c5cc4cc23)c2ccc3oc4ccc5ccccc5c4c3c2)cc1. The maximum Gasteiger partial charge on any atom is 0.136 e. The van der Waals surface area contributed by atoms with E-state index in [0.717, 1.165) is 78.0 Å². The van der Waals surface area contributed by atoms with Crippen molar-refractivity contribution in [3.63, 3.8) is 0 Å². The Balaban J connectivity index is 0.795. The summed E-state index contributed by atoms with van der Waals surface area (Å²) in [5.74, 6) is 0. The first-order chi connectivity index (χ1) is 35.6. The number of rotatable bonds is 6. The van der Waals surface area contributed by atoms with E-state index in [4.69, 9.17) is 8.83 Å². The highest BCUT2D eigenvalue weighted by Crippen LogP contribution is 2.47. The molecule has 0 aliphatic rings. The molecule has 0 aliphatic carbocycles. The Morgan fingerprint density at radius 2 is 0.625 bits per heavy atom. The average Bonchev–Trinajstić information content (AvgIpc) is 4.20. The number of hydrogen-bond acceptors (Lipinski definition) is 6. The number of benzene rings is 12. The third-order valence-corrected chi connectivity index (χ3v) is 17.0. The smallest absolute Gasteiger partial charge is 0.136 e. The fourth-order valence-electron chi connectivity index (χ4n) is 11.4. The van der Waals surface area contributed by atoms with Gasteiger partial charge in [-0.3, -0.25) is 0 Å². The molecule has 0 saturated carbocycles. The number of thiophene rings is 2. The molecule has 0 bridgehead atoms. The van der Waals surface area contributed by atoms with Gasteiger partial charge in [0.25, 0.3) is 0 Å². The van der Waals surface area contributed by atoms with Crippen molar-refractivity contribution in [1.82, 2.24) is 0 Å². The van der Waals surface area contributed by atoms with Gasteiger partial charge >= 0.3 is 0 Å². The topological polar surface area (TPSA) is 32.8 Å². The number of anilines is 6. The largest absolute Gasteiger partial charge is 0.456 e. The molecule has 0 unspecified atom stereocenters. The molecule has 16 rings (SSSR count). The van der Waals surface area contributed by atoms with E-state index < -0.39 is 0 Å². The van der Waals surface area contributed by atoms with E-state index in [-0.39, 0.29) is 0 Å². The lowest BCUT2D eigenvalue weighted by atomic mass is 10.0. The molecule has 4 nitrogen and oxygen atoms in total. The maximum absolute atomic E-state index is 6.42. The van der Waals surface area contributed by atoms with Crippen molar-refractivity contribution < 1.29 is 8.83 Å². The van der Waals surface area contributed by atoms with E-state index >= 15 is 0 Å². The van der Waals surface area contributed by atoms with Crippen molar-refractivity contribution in [2.75, 3.05) is 9.80 Å². The molecule has 0 fully saturated rings. The van der Waals surface area contributed by atoms with Crippen molar-refractivity contribution in [2.24, 2.45) is 0 Å². The molecule has 336 valence electrons. The first kappa shape index (κ1) is 39.9. The monoisotopic (exact) mass is 954 g/mol. The van der Waals surface area contributed by atoms with Gasteiger partial charge < -0.3 is 18.6 Å². The minimum atomic E-state index is 0.889. The van der Waals surface area contributed by atoms with Gasteiger partial charge in [0.15, 0.2) is 0 Å². The Bertz CT molecular complexity index is 4590. The third-order valence-electron chi connectivity index (χ3n) is 14.7. The molecule has 12 aromatic carbocycles. The molecule has 0 radical (unpaired) electrons. The van der Waals surface area contributed by atoms with Crippen LogP contribution in [0.1, 0.15) is 0 Å². The molecule has 0 aliphatic heterocycles. The van der Waals surface area contributed by atoms with Crippen LogP contribution in [0.4, 0.5) is 34.1 Å². The van der Waals surface area contributed by atoms with E-state index in [1.54, 1.807) is 0 Å². The van der Waals surface area contributed by atoms with Crippen LogP contribution in [-0.4, -0.2) is 0 Å². The molecular formula is C66H38N2O2S2. The second-order valence-electron chi connectivity index (χ2n) is 18.8. The Morgan fingerprint density at radius 3 is 1.11 bits per heavy atom. The van der Waals surface area contributed by atoms with Gasteiger partial charge in [0, 0.05) is 96.0 Å². The summed E-state index contributed by atoms with van der Waals surface area (Å²) in [5, 5.41) is 17.0. The normalized spacial score (nSPS) is 12.2. The van der Waals surface area contributed by atoms with Gasteiger partial charge in [-0.15, -0.1) is 22.7 Å². The number of furan rings is 2. The Hall–Kier alpha value is -8.94. The molecule has 4 heterocycles. The molecule has 16 aromatic rings. The van der Waals surface area contributed by atoms with E-state index in [1.165, 1.54) is 72.7 Å². The predicted molar refractivity (Wildman–Crippen MR) is 309 cm³/mol. The van der Waals surface area contributed by atoms with Crippen LogP contribution < -0.4 is 9.80 Å². The van der Waals surface area contributed by atoms with Gasteiger partial charge in [-0.2, -0.15) is 0 Å². The van der Waals surface area contributed by atoms with Crippen LogP contribution in [0.2, 0.25) is 0 Å². The Morgan fingerprint density at radius 1 is 0.236 bits per heavy atom. The van der Waals surface area contributed by atoms with Crippen LogP contribution in [0.3, 0.4) is 0 Å². The number of hydrogen-bond donors (Lipinski definition) is 0. The molecule has 0 spiro atoms. The molecule has 0 saturated heterocycles. The standard InChI is InChI=1S/C66H38N2O2S2/c1-3-13-43(14-4-1)67(45-23-29-57-55(35-45)65-49-17-9-7-11-39(49)19-27-59(65)69-57)47-21-25-51-53-31-41-32-54-52-26-22-48(38-64(52)72-62(54)34-42(41)33-61(53)71-63(51)37-47)68(44-15-5-2-6-16-44)46-24-30-58-56(36-46)66-50-18-10-8-12-40(50)20-28-60(66)70-58/h1-38H. The van der Waals surface area contributed by atoms with E-state index in [0.29, 0.717) is 0 Å². The van der Waals surface area contributed by atoms with Gasteiger partial charge in [0.05, 0.1) is 0 Å². The second-order valence-corrected chi connectivity index (χ2v) is 21.0. The minimum Gasteiger partial charge on any atom is -0.456 e. The highest BCUT2D eigenvalue weighted by atomic mass is 32.1. The second kappa shape index (κ2) is 15.3. The van der Waals surface area contributed by atoms with Crippen molar-refractivity contribution in [2.45, 2.75) is 0 Å². The van der Waals surface area contributed by atoms with Gasteiger partial charge in [0.1, 0.15) is 22.3 Å². The Kier molecular flexibility index (Phi) is 8.46. The van der Waals surface area contributed by atoms with Crippen molar-refractivity contribution >= 4 is 173 Å². The summed E-state index contributed by atoms with van der Waals surface area (Å²) >= 11 is 3.74. The first-order valence-electron chi connectivity index (χ1n) is 24.3. The zero-order valence-electron chi connectivity index (χ0n) is 38.5. The maximum atomic E-state index is 6.42. The van der Waals surface area contributed by atoms with Crippen LogP contribution >= 0.6 is 22.7 Å². The zero-order valence-corrected chi connectivity index (χ0v) is 40.1. The molecule has 0 atom stereocenters. The summed E-state index contributed by atoms with van der Waals surface area (Å²) in [6, 6.07) is 83.8.